The third-order valence-corrected chi connectivity index (χ3v) is 3.59. The van der Waals surface area contributed by atoms with E-state index >= 15 is 0 Å². The molecule has 2 atom stereocenters. The molecule has 4 nitrogen and oxygen atoms in total. The monoisotopic (exact) mass is 302 g/mol. The lowest BCUT2D eigenvalue weighted by molar-refractivity contribution is -0.126. The lowest BCUT2D eigenvalue weighted by Gasteiger charge is -2.23. The molecule has 0 heterocycles. The highest BCUT2D eigenvalue weighted by Gasteiger charge is 2.33. The number of rotatable bonds is 5. The molecule has 21 heavy (non-hydrogen) atoms. The summed E-state index contributed by atoms with van der Waals surface area (Å²) in [6.45, 7) is 0. The number of carbonyl (C=O) groups is 2. The minimum atomic E-state index is -0.831. The first kappa shape index (κ1) is 15.1. The van der Waals surface area contributed by atoms with Gasteiger partial charge in [0, 0.05) is 5.02 Å². The summed E-state index contributed by atoms with van der Waals surface area (Å²) < 4.78 is 0. The Labute approximate surface area is 127 Å². The average Bonchev–Trinajstić information content (AvgIpc) is 2.46. The van der Waals surface area contributed by atoms with Gasteiger partial charge >= 0.3 is 0 Å². The van der Waals surface area contributed by atoms with Crippen LogP contribution in [0.3, 0.4) is 0 Å². The van der Waals surface area contributed by atoms with Crippen molar-refractivity contribution in [2.45, 2.75) is 11.8 Å². The molecule has 0 radical (unpaired) electrons. The highest BCUT2D eigenvalue weighted by molar-refractivity contribution is 6.30. The summed E-state index contributed by atoms with van der Waals surface area (Å²) in [5.74, 6) is -2.85. The molecule has 2 rings (SSSR count). The number of halogens is 1. The molecule has 0 aliphatic carbocycles. The largest absolute Gasteiger partial charge is 0.369 e. The van der Waals surface area contributed by atoms with E-state index in [9.17, 15) is 9.59 Å². The van der Waals surface area contributed by atoms with Crippen molar-refractivity contribution in [1.29, 1.82) is 0 Å². The van der Waals surface area contributed by atoms with Crippen LogP contribution in [-0.4, -0.2) is 11.8 Å². The highest BCUT2D eigenvalue weighted by Crippen LogP contribution is 2.33. The molecule has 0 saturated heterocycles. The van der Waals surface area contributed by atoms with Crippen LogP contribution < -0.4 is 11.5 Å². The fraction of sp³-hybridized carbons (Fsp3) is 0.125. The quantitative estimate of drug-likeness (QED) is 0.887. The Morgan fingerprint density at radius 3 is 1.62 bits per heavy atom. The third kappa shape index (κ3) is 3.41. The van der Waals surface area contributed by atoms with Crippen molar-refractivity contribution < 1.29 is 9.59 Å². The van der Waals surface area contributed by atoms with Gasteiger partial charge in [0.05, 0.1) is 11.8 Å². The Hall–Kier alpha value is -2.33. The summed E-state index contributed by atoms with van der Waals surface area (Å²) in [7, 11) is 0. The topological polar surface area (TPSA) is 86.2 Å². The molecular formula is C16H15ClN2O2. The number of hydrogen-bond acceptors (Lipinski definition) is 2. The van der Waals surface area contributed by atoms with Crippen molar-refractivity contribution in [1.82, 2.24) is 0 Å². The van der Waals surface area contributed by atoms with Gasteiger partial charge in [-0.2, -0.15) is 0 Å². The van der Waals surface area contributed by atoms with Crippen LogP contribution in [-0.2, 0) is 9.59 Å². The summed E-state index contributed by atoms with van der Waals surface area (Å²) >= 11 is 5.85. The molecule has 0 fully saturated rings. The van der Waals surface area contributed by atoms with E-state index < -0.39 is 23.7 Å². The number of primary amides is 2. The zero-order valence-corrected chi connectivity index (χ0v) is 12.0. The lowest BCUT2D eigenvalue weighted by atomic mass is 9.80. The van der Waals surface area contributed by atoms with Crippen LogP contribution in [0.25, 0.3) is 0 Å². The SMILES string of the molecule is NC(=O)[C@H](c1ccccc1)[C@@H](C(N)=O)c1ccc(Cl)cc1. The third-order valence-electron chi connectivity index (χ3n) is 3.33. The van der Waals surface area contributed by atoms with Gasteiger partial charge in [-0.3, -0.25) is 9.59 Å². The smallest absolute Gasteiger partial charge is 0.226 e. The second-order valence-electron chi connectivity index (χ2n) is 4.72. The van der Waals surface area contributed by atoms with Crippen molar-refractivity contribution in [3.8, 4) is 0 Å². The summed E-state index contributed by atoms with van der Waals surface area (Å²) in [5.41, 5.74) is 12.3. The van der Waals surface area contributed by atoms with E-state index in [1.807, 2.05) is 6.07 Å². The molecule has 0 aliphatic heterocycles. The molecule has 0 aromatic heterocycles. The Bertz CT molecular complexity index is 641. The molecule has 4 N–H and O–H groups in total. The number of amides is 2. The van der Waals surface area contributed by atoms with Crippen molar-refractivity contribution in [3.63, 3.8) is 0 Å². The van der Waals surface area contributed by atoms with Gasteiger partial charge in [-0.1, -0.05) is 54.1 Å². The Morgan fingerprint density at radius 2 is 1.19 bits per heavy atom. The predicted octanol–water partition coefficient (Wildman–Crippen LogP) is 2.18. The minimum Gasteiger partial charge on any atom is -0.369 e. The summed E-state index contributed by atoms with van der Waals surface area (Å²) in [5, 5.41) is 0.539. The van der Waals surface area contributed by atoms with Crippen molar-refractivity contribution in [2.24, 2.45) is 11.5 Å². The van der Waals surface area contributed by atoms with Gasteiger partial charge in [0.2, 0.25) is 11.8 Å². The molecule has 5 heteroatoms. The van der Waals surface area contributed by atoms with Gasteiger partial charge in [0.1, 0.15) is 0 Å². The van der Waals surface area contributed by atoms with Crippen LogP contribution in [0.2, 0.25) is 5.02 Å². The molecule has 108 valence electrons. The Kier molecular flexibility index (Phi) is 4.60. The van der Waals surface area contributed by atoms with Gasteiger partial charge < -0.3 is 11.5 Å². The molecule has 2 aromatic rings. The van der Waals surface area contributed by atoms with Crippen LogP contribution in [0.4, 0.5) is 0 Å². The van der Waals surface area contributed by atoms with Crippen LogP contribution in [0.1, 0.15) is 23.0 Å². The zero-order valence-electron chi connectivity index (χ0n) is 11.2. The molecule has 0 bridgehead atoms. The molecule has 2 aromatic carbocycles. The summed E-state index contributed by atoms with van der Waals surface area (Å²) in [6.07, 6.45) is 0. The van der Waals surface area contributed by atoms with E-state index in [1.54, 1.807) is 48.5 Å². The molecule has 2 amide bonds. The van der Waals surface area contributed by atoms with Crippen molar-refractivity contribution in [2.75, 3.05) is 0 Å². The van der Waals surface area contributed by atoms with Crippen LogP contribution >= 0.6 is 11.6 Å². The van der Waals surface area contributed by atoms with Crippen LogP contribution in [0, 0.1) is 0 Å². The van der Waals surface area contributed by atoms with Gasteiger partial charge in [0.25, 0.3) is 0 Å². The fourth-order valence-electron chi connectivity index (χ4n) is 2.37. The Balaban J connectivity index is 2.50. The first-order chi connectivity index (χ1) is 10.0. The van der Waals surface area contributed by atoms with E-state index in [2.05, 4.69) is 0 Å². The molecule has 0 aliphatic rings. The van der Waals surface area contributed by atoms with Gasteiger partial charge in [-0.15, -0.1) is 0 Å². The minimum absolute atomic E-state index is 0.539. The summed E-state index contributed by atoms with van der Waals surface area (Å²) in [6, 6.07) is 15.5. The first-order valence-electron chi connectivity index (χ1n) is 6.39. The maximum absolute atomic E-state index is 11.9. The van der Waals surface area contributed by atoms with Gasteiger partial charge in [-0.25, -0.2) is 0 Å². The van der Waals surface area contributed by atoms with Crippen molar-refractivity contribution in [3.05, 3.63) is 70.7 Å². The number of benzene rings is 2. The second-order valence-corrected chi connectivity index (χ2v) is 5.16. The number of carbonyl (C=O) groups excluding carboxylic acids is 2. The standard InChI is InChI=1S/C16H15ClN2O2/c17-12-8-6-11(7-9-12)14(16(19)21)13(15(18)20)10-4-2-1-3-5-10/h1-9,13-14H,(H2,18,20)(H2,19,21)/t13-,14+/m1/s1. The molecule has 0 saturated carbocycles. The number of hydrogen-bond donors (Lipinski definition) is 2. The van der Waals surface area contributed by atoms with E-state index in [-0.39, 0.29) is 0 Å². The fourth-order valence-corrected chi connectivity index (χ4v) is 2.50. The van der Waals surface area contributed by atoms with Crippen LogP contribution in [0.5, 0.6) is 0 Å². The first-order valence-corrected chi connectivity index (χ1v) is 6.77. The maximum atomic E-state index is 11.9. The predicted molar refractivity (Wildman–Crippen MR) is 81.8 cm³/mol. The number of nitrogens with two attached hydrogens (primary N) is 2. The van der Waals surface area contributed by atoms with E-state index in [0.717, 1.165) is 0 Å². The Morgan fingerprint density at radius 1 is 0.762 bits per heavy atom. The molecule has 0 spiro atoms. The normalized spacial score (nSPS) is 13.4. The molecule has 0 unspecified atom stereocenters. The van der Waals surface area contributed by atoms with E-state index in [0.29, 0.717) is 16.1 Å². The lowest BCUT2D eigenvalue weighted by Crippen LogP contribution is -2.34. The van der Waals surface area contributed by atoms with Gasteiger partial charge in [-0.05, 0) is 23.3 Å². The van der Waals surface area contributed by atoms with E-state index in [4.69, 9.17) is 23.1 Å². The molecular weight excluding hydrogens is 288 g/mol. The highest BCUT2D eigenvalue weighted by atomic mass is 35.5. The van der Waals surface area contributed by atoms with Crippen LogP contribution in [0.15, 0.2) is 54.6 Å². The second kappa shape index (κ2) is 6.41. The van der Waals surface area contributed by atoms with Crippen molar-refractivity contribution >= 4 is 23.4 Å². The van der Waals surface area contributed by atoms with Gasteiger partial charge in [0.15, 0.2) is 0 Å². The maximum Gasteiger partial charge on any atom is 0.226 e. The zero-order chi connectivity index (χ0) is 15.4. The summed E-state index contributed by atoms with van der Waals surface area (Å²) in [4.78, 5) is 23.8. The average molecular weight is 303 g/mol. The van der Waals surface area contributed by atoms with E-state index in [1.165, 1.54) is 0 Å².